The van der Waals surface area contributed by atoms with Gasteiger partial charge in [0, 0.05) is 17.6 Å². The Morgan fingerprint density at radius 1 is 1.21 bits per heavy atom. The van der Waals surface area contributed by atoms with Crippen LogP contribution in [0.4, 0.5) is 14.5 Å². The zero-order valence-corrected chi connectivity index (χ0v) is 16.7. The lowest BCUT2D eigenvalue weighted by molar-refractivity contribution is -0.133. The van der Waals surface area contributed by atoms with Crippen LogP contribution in [-0.2, 0) is 9.59 Å². The lowest BCUT2D eigenvalue weighted by Gasteiger charge is -2.46. The number of nitrogens with one attached hydrogen (secondary N) is 2. The van der Waals surface area contributed by atoms with Crippen molar-refractivity contribution >= 4 is 17.5 Å². The number of carbonyl (C=O) groups excluding carboxylic acids is 2. The molecule has 5 nitrogen and oxygen atoms in total. The molecular weight excluding hydrogens is 364 g/mol. The second kappa shape index (κ2) is 7.78. The predicted molar refractivity (Wildman–Crippen MR) is 104 cm³/mol. The molecule has 0 bridgehead atoms. The van der Waals surface area contributed by atoms with Gasteiger partial charge in [-0.3, -0.25) is 19.8 Å². The quantitative estimate of drug-likeness (QED) is 0.752. The molecule has 1 aromatic carbocycles. The normalized spacial score (nSPS) is 26.0. The average molecular weight is 393 g/mol. The summed E-state index contributed by atoms with van der Waals surface area (Å²) < 4.78 is 29.8. The summed E-state index contributed by atoms with van der Waals surface area (Å²) >= 11 is 0. The summed E-state index contributed by atoms with van der Waals surface area (Å²) in [4.78, 5) is 25.0. The topological polar surface area (TPSA) is 61.4 Å². The van der Waals surface area contributed by atoms with Crippen LogP contribution in [0, 0.1) is 0 Å². The number of halogens is 2. The number of hydrogen-bond acceptors (Lipinski definition) is 4. The fourth-order valence-electron chi connectivity index (χ4n) is 3.93. The van der Waals surface area contributed by atoms with Gasteiger partial charge < -0.3 is 5.32 Å². The monoisotopic (exact) mass is 393 g/mol. The molecule has 2 atom stereocenters. The molecular formula is C21H29F2N3O2. The molecule has 28 heavy (non-hydrogen) atoms. The summed E-state index contributed by atoms with van der Waals surface area (Å²) in [5, 5.41) is 5.38. The Morgan fingerprint density at radius 2 is 1.89 bits per heavy atom. The van der Waals surface area contributed by atoms with Crippen LogP contribution in [0.3, 0.4) is 0 Å². The molecule has 3 rings (SSSR count). The lowest BCUT2D eigenvalue weighted by atomic mass is 9.83. The highest BCUT2D eigenvalue weighted by Gasteiger charge is 2.47. The first-order valence-electron chi connectivity index (χ1n) is 9.95. The summed E-state index contributed by atoms with van der Waals surface area (Å²) in [5.41, 5.74) is 1.07. The third kappa shape index (κ3) is 4.35. The number of piperidine rings is 2. The number of likely N-dealkylation sites (tertiary alicyclic amines) is 1. The zero-order chi connectivity index (χ0) is 20.5. The molecule has 0 aromatic heterocycles. The van der Waals surface area contributed by atoms with Crippen LogP contribution in [0.5, 0.6) is 0 Å². The molecule has 2 aliphatic heterocycles. The van der Waals surface area contributed by atoms with E-state index < -0.39 is 17.9 Å². The van der Waals surface area contributed by atoms with Gasteiger partial charge in [-0.1, -0.05) is 19.1 Å². The fraction of sp³-hybridized carbons (Fsp3) is 0.619. The Hall–Kier alpha value is -2.02. The van der Waals surface area contributed by atoms with Gasteiger partial charge in [0.2, 0.25) is 11.8 Å². The number of nitrogens with zero attached hydrogens (tertiary/aromatic N) is 1. The maximum Gasteiger partial charge on any atom is 0.267 e. The minimum atomic E-state index is -2.79. The molecule has 2 saturated heterocycles. The Balaban J connectivity index is 1.66. The Morgan fingerprint density at radius 3 is 2.46 bits per heavy atom. The number of imide groups is 1. The van der Waals surface area contributed by atoms with E-state index in [0.29, 0.717) is 37.1 Å². The van der Waals surface area contributed by atoms with Crippen molar-refractivity contribution in [1.29, 1.82) is 0 Å². The standard InChI is InChI=1S/C21H29F2N3O2/c1-4-20(2,3)26-12-11-16(21(22,23)13-26)14-5-7-15(8-6-14)24-17-9-10-18(27)25-19(17)28/h5-8,16-17,24H,4,9-13H2,1-3H3,(H,25,27,28). The van der Waals surface area contributed by atoms with E-state index in [2.05, 4.69) is 10.6 Å². The van der Waals surface area contributed by atoms with Crippen LogP contribution in [-0.4, -0.2) is 47.3 Å². The molecule has 1 aromatic rings. The third-order valence-electron chi connectivity index (χ3n) is 6.21. The van der Waals surface area contributed by atoms with Crippen molar-refractivity contribution in [3.63, 3.8) is 0 Å². The number of rotatable bonds is 5. The summed E-state index contributed by atoms with van der Waals surface area (Å²) in [6.45, 7) is 6.47. The Bertz CT molecular complexity index is 734. The van der Waals surface area contributed by atoms with Crippen molar-refractivity contribution in [3.05, 3.63) is 29.8 Å². The second-order valence-corrected chi connectivity index (χ2v) is 8.46. The van der Waals surface area contributed by atoms with Crippen LogP contribution in [0.15, 0.2) is 24.3 Å². The summed E-state index contributed by atoms with van der Waals surface area (Å²) in [7, 11) is 0. The van der Waals surface area contributed by atoms with Gasteiger partial charge in [-0.25, -0.2) is 8.78 Å². The molecule has 2 aliphatic rings. The van der Waals surface area contributed by atoms with Crippen molar-refractivity contribution < 1.29 is 18.4 Å². The zero-order valence-electron chi connectivity index (χ0n) is 16.7. The van der Waals surface area contributed by atoms with Crippen molar-refractivity contribution in [2.75, 3.05) is 18.4 Å². The number of carbonyl (C=O) groups is 2. The molecule has 2 fully saturated rings. The summed E-state index contributed by atoms with van der Waals surface area (Å²) in [6.07, 6.45) is 1.96. The molecule has 0 aliphatic carbocycles. The first-order chi connectivity index (χ1) is 13.1. The number of anilines is 1. The third-order valence-corrected chi connectivity index (χ3v) is 6.21. The van der Waals surface area contributed by atoms with Crippen LogP contribution in [0.2, 0.25) is 0 Å². The number of benzene rings is 1. The molecule has 154 valence electrons. The van der Waals surface area contributed by atoms with Crippen LogP contribution >= 0.6 is 0 Å². The van der Waals surface area contributed by atoms with E-state index in [9.17, 15) is 18.4 Å². The molecule has 2 heterocycles. The van der Waals surface area contributed by atoms with Crippen LogP contribution in [0.25, 0.3) is 0 Å². The van der Waals surface area contributed by atoms with Gasteiger partial charge in [-0.05, 0) is 57.4 Å². The minimum absolute atomic E-state index is 0.227. The van der Waals surface area contributed by atoms with E-state index in [4.69, 9.17) is 0 Å². The highest BCUT2D eigenvalue weighted by molar-refractivity contribution is 6.01. The molecule has 2 unspecified atom stereocenters. The van der Waals surface area contributed by atoms with Gasteiger partial charge >= 0.3 is 0 Å². The van der Waals surface area contributed by atoms with Crippen LogP contribution < -0.4 is 10.6 Å². The van der Waals surface area contributed by atoms with E-state index in [1.807, 2.05) is 25.7 Å². The molecule has 0 radical (unpaired) electrons. The highest BCUT2D eigenvalue weighted by atomic mass is 19.3. The minimum Gasteiger partial charge on any atom is -0.374 e. The van der Waals surface area contributed by atoms with Crippen molar-refractivity contribution in [1.82, 2.24) is 10.2 Å². The largest absolute Gasteiger partial charge is 0.374 e. The van der Waals surface area contributed by atoms with Gasteiger partial charge in [-0.2, -0.15) is 0 Å². The van der Waals surface area contributed by atoms with Crippen molar-refractivity contribution in [2.45, 2.75) is 69.9 Å². The number of alkyl halides is 2. The highest BCUT2D eigenvalue weighted by Crippen LogP contribution is 2.42. The Labute approximate surface area is 164 Å². The maximum absolute atomic E-state index is 14.9. The van der Waals surface area contributed by atoms with Crippen LogP contribution in [0.1, 0.15) is 57.9 Å². The van der Waals surface area contributed by atoms with E-state index in [1.54, 1.807) is 24.3 Å². The van der Waals surface area contributed by atoms with Gasteiger partial charge in [0.05, 0.1) is 12.5 Å². The average Bonchev–Trinajstić information content (AvgIpc) is 2.64. The first-order valence-corrected chi connectivity index (χ1v) is 9.95. The van der Waals surface area contributed by atoms with Crippen molar-refractivity contribution in [3.8, 4) is 0 Å². The summed E-state index contributed by atoms with van der Waals surface area (Å²) in [5.74, 6) is -4.21. The van der Waals surface area contributed by atoms with Gasteiger partial charge in [0.25, 0.3) is 5.92 Å². The van der Waals surface area contributed by atoms with Gasteiger partial charge in [0.15, 0.2) is 0 Å². The van der Waals surface area contributed by atoms with Gasteiger partial charge in [0.1, 0.15) is 6.04 Å². The predicted octanol–water partition coefficient (Wildman–Crippen LogP) is 3.52. The smallest absolute Gasteiger partial charge is 0.267 e. The molecule has 0 saturated carbocycles. The molecule has 0 spiro atoms. The second-order valence-electron chi connectivity index (χ2n) is 8.46. The van der Waals surface area contributed by atoms with E-state index in [-0.39, 0.29) is 23.9 Å². The van der Waals surface area contributed by atoms with Crippen molar-refractivity contribution in [2.24, 2.45) is 0 Å². The Kier molecular flexibility index (Phi) is 5.75. The maximum atomic E-state index is 14.9. The fourth-order valence-corrected chi connectivity index (χ4v) is 3.93. The molecule has 2 N–H and O–H groups in total. The van der Waals surface area contributed by atoms with E-state index in [1.165, 1.54) is 0 Å². The SMILES string of the molecule is CCC(C)(C)N1CCC(c2ccc(NC3CCC(=O)NC3=O)cc2)C(F)(F)C1. The lowest BCUT2D eigenvalue weighted by Crippen LogP contribution is -2.55. The number of amides is 2. The molecule has 7 heteroatoms. The van der Waals surface area contributed by atoms with E-state index >= 15 is 0 Å². The first kappa shape index (κ1) is 20.7. The van der Waals surface area contributed by atoms with Gasteiger partial charge in [-0.15, -0.1) is 0 Å². The van der Waals surface area contributed by atoms with E-state index in [0.717, 1.165) is 6.42 Å². The molecule has 2 amide bonds. The summed E-state index contributed by atoms with van der Waals surface area (Å²) in [6, 6.07) is 6.42. The number of hydrogen-bond donors (Lipinski definition) is 2.